The van der Waals surface area contributed by atoms with Gasteiger partial charge in [0.25, 0.3) is 0 Å². The quantitative estimate of drug-likeness (QED) is 0.781. The number of aromatic nitrogens is 4. The third-order valence-electron chi connectivity index (χ3n) is 3.63. The number of benzene rings is 1. The van der Waals surface area contributed by atoms with Gasteiger partial charge in [-0.05, 0) is 12.1 Å². The Morgan fingerprint density at radius 1 is 1.19 bits per heavy atom. The first-order valence-electron chi connectivity index (χ1n) is 7.30. The molecule has 0 amide bonds. The van der Waals surface area contributed by atoms with E-state index in [9.17, 15) is 0 Å². The largest absolute Gasteiger partial charge is 0.309 e. The van der Waals surface area contributed by atoms with E-state index in [1.54, 1.807) is 0 Å². The number of hydrogen-bond donors (Lipinski definition) is 1. The van der Waals surface area contributed by atoms with Crippen LogP contribution in [0.4, 0.5) is 0 Å². The molecule has 0 saturated carbocycles. The molecule has 5 nitrogen and oxygen atoms in total. The molecule has 0 fully saturated rings. The maximum atomic E-state index is 4.64. The molecule has 0 bridgehead atoms. The number of fused-ring (bicyclic) bond motifs is 1. The third-order valence-corrected chi connectivity index (χ3v) is 3.63. The van der Waals surface area contributed by atoms with E-state index >= 15 is 0 Å². The van der Waals surface area contributed by atoms with E-state index in [0.717, 1.165) is 17.8 Å². The van der Waals surface area contributed by atoms with Crippen LogP contribution in [0.2, 0.25) is 0 Å². The number of nitrogens with zero attached hydrogens (tertiary/aromatic N) is 4. The van der Waals surface area contributed by atoms with Crippen LogP contribution in [0, 0.1) is 0 Å². The molecule has 21 heavy (non-hydrogen) atoms. The number of para-hydroxylation sites is 1. The summed E-state index contributed by atoms with van der Waals surface area (Å²) in [7, 11) is 1.98. The summed E-state index contributed by atoms with van der Waals surface area (Å²) in [5.74, 6) is 0. The van der Waals surface area contributed by atoms with E-state index in [2.05, 4.69) is 53.6 Å². The molecule has 0 radical (unpaired) electrons. The summed E-state index contributed by atoms with van der Waals surface area (Å²) in [5, 5.41) is 13.7. The lowest BCUT2D eigenvalue weighted by Crippen LogP contribution is -2.24. The van der Waals surface area contributed by atoms with Crippen molar-refractivity contribution in [3.8, 4) is 0 Å². The molecule has 1 N–H and O–H groups in total. The van der Waals surface area contributed by atoms with E-state index in [1.807, 2.05) is 28.7 Å². The van der Waals surface area contributed by atoms with Gasteiger partial charge in [0.05, 0.1) is 23.4 Å². The fraction of sp³-hybridized carbons (Fsp3) is 0.375. The monoisotopic (exact) mass is 283 g/mol. The molecule has 0 saturated heterocycles. The van der Waals surface area contributed by atoms with E-state index < -0.39 is 0 Å². The van der Waals surface area contributed by atoms with Gasteiger partial charge in [0.1, 0.15) is 0 Å². The molecular formula is C16H21N5. The first kappa shape index (κ1) is 13.8. The molecule has 1 aromatic carbocycles. The molecule has 3 aromatic rings. The molecule has 110 valence electrons. The lowest BCUT2D eigenvalue weighted by atomic mass is 10.2. The number of rotatable bonds is 5. The Kier molecular flexibility index (Phi) is 3.75. The van der Waals surface area contributed by atoms with Gasteiger partial charge < -0.3 is 5.32 Å². The number of nitrogens with one attached hydrogen (secondary N) is 1. The van der Waals surface area contributed by atoms with E-state index in [-0.39, 0.29) is 0 Å². The first-order chi connectivity index (χ1) is 10.1. The molecule has 3 rings (SSSR count). The number of hydrogen-bond acceptors (Lipinski definition) is 3. The average molecular weight is 283 g/mol. The van der Waals surface area contributed by atoms with Crippen molar-refractivity contribution in [3.05, 3.63) is 47.9 Å². The van der Waals surface area contributed by atoms with E-state index in [1.165, 1.54) is 11.1 Å². The molecule has 0 spiro atoms. The Hall–Kier alpha value is -2.14. The second-order valence-corrected chi connectivity index (χ2v) is 5.60. The second-order valence-electron chi connectivity index (χ2n) is 5.60. The molecule has 0 aliphatic heterocycles. The lowest BCUT2D eigenvalue weighted by molar-refractivity contribution is 0.543. The minimum Gasteiger partial charge on any atom is -0.309 e. The molecule has 0 aliphatic carbocycles. The molecule has 2 aromatic heterocycles. The van der Waals surface area contributed by atoms with Gasteiger partial charge in [-0.15, -0.1) is 0 Å². The summed E-state index contributed by atoms with van der Waals surface area (Å²) in [6.07, 6.45) is 1.85. The predicted octanol–water partition coefficient (Wildman–Crippen LogP) is 2.32. The lowest BCUT2D eigenvalue weighted by Gasteiger charge is -2.10. The van der Waals surface area contributed by atoms with Crippen molar-refractivity contribution in [2.45, 2.75) is 33.0 Å². The predicted molar refractivity (Wildman–Crippen MR) is 84.0 cm³/mol. The maximum absolute atomic E-state index is 4.64. The van der Waals surface area contributed by atoms with Crippen LogP contribution >= 0.6 is 0 Å². The summed E-state index contributed by atoms with van der Waals surface area (Å²) < 4.78 is 3.95. The van der Waals surface area contributed by atoms with Crippen LogP contribution in [0.25, 0.3) is 10.9 Å². The standard InChI is InChI=1S/C16H21N5/c1-12(2)17-10-13-8-9-18-21(13)11-15-14-6-4-5-7-16(14)20(3)19-15/h4-9,12,17H,10-11H2,1-3H3. The fourth-order valence-corrected chi connectivity index (χ4v) is 2.51. The summed E-state index contributed by atoms with van der Waals surface area (Å²) in [4.78, 5) is 0. The third kappa shape index (κ3) is 2.83. The Balaban J connectivity index is 1.87. The normalized spacial score (nSPS) is 11.6. The van der Waals surface area contributed by atoms with Crippen LogP contribution in [0.15, 0.2) is 36.5 Å². The smallest absolute Gasteiger partial charge is 0.0918 e. The SMILES string of the molecule is CC(C)NCc1ccnn1Cc1nn(C)c2ccccc12. The zero-order valence-corrected chi connectivity index (χ0v) is 12.7. The highest BCUT2D eigenvalue weighted by Crippen LogP contribution is 2.18. The maximum Gasteiger partial charge on any atom is 0.0918 e. The highest BCUT2D eigenvalue weighted by atomic mass is 15.3. The Morgan fingerprint density at radius 2 is 2.00 bits per heavy atom. The van der Waals surface area contributed by atoms with Gasteiger partial charge in [-0.1, -0.05) is 32.0 Å². The van der Waals surface area contributed by atoms with Gasteiger partial charge in [-0.25, -0.2) is 0 Å². The summed E-state index contributed by atoms with van der Waals surface area (Å²) in [6.45, 7) is 5.81. The molecule has 0 aliphatic rings. The highest BCUT2D eigenvalue weighted by Gasteiger charge is 2.11. The van der Waals surface area contributed by atoms with Crippen LogP contribution < -0.4 is 5.32 Å². The van der Waals surface area contributed by atoms with Crippen molar-refractivity contribution >= 4 is 10.9 Å². The van der Waals surface area contributed by atoms with Gasteiger partial charge in [-0.3, -0.25) is 9.36 Å². The van der Waals surface area contributed by atoms with Gasteiger partial charge in [0, 0.05) is 31.2 Å². The van der Waals surface area contributed by atoms with Crippen molar-refractivity contribution in [2.75, 3.05) is 0 Å². The topological polar surface area (TPSA) is 47.7 Å². The average Bonchev–Trinajstić information content (AvgIpc) is 3.03. The minimum absolute atomic E-state index is 0.462. The van der Waals surface area contributed by atoms with Crippen LogP contribution in [-0.2, 0) is 20.1 Å². The van der Waals surface area contributed by atoms with E-state index in [4.69, 9.17) is 0 Å². The van der Waals surface area contributed by atoms with Crippen molar-refractivity contribution in [3.63, 3.8) is 0 Å². The molecule has 0 atom stereocenters. The van der Waals surface area contributed by atoms with Crippen LogP contribution in [0.3, 0.4) is 0 Å². The first-order valence-corrected chi connectivity index (χ1v) is 7.30. The minimum atomic E-state index is 0.462. The van der Waals surface area contributed by atoms with Crippen molar-refractivity contribution in [2.24, 2.45) is 7.05 Å². The van der Waals surface area contributed by atoms with Crippen molar-refractivity contribution < 1.29 is 0 Å². The summed E-state index contributed by atoms with van der Waals surface area (Å²) >= 11 is 0. The van der Waals surface area contributed by atoms with Crippen LogP contribution in [0.5, 0.6) is 0 Å². The Bertz CT molecular complexity index is 738. The van der Waals surface area contributed by atoms with Gasteiger partial charge >= 0.3 is 0 Å². The van der Waals surface area contributed by atoms with Gasteiger partial charge in [-0.2, -0.15) is 10.2 Å². The van der Waals surface area contributed by atoms with Gasteiger partial charge in [0.2, 0.25) is 0 Å². The Morgan fingerprint density at radius 3 is 2.81 bits per heavy atom. The van der Waals surface area contributed by atoms with E-state index in [0.29, 0.717) is 12.6 Å². The van der Waals surface area contributed by atoms with Crippen molar-refractivity contribution in [1.29, 1.82) is 0 Å². The molecule has 0 unspecified atom stereocenters. The summed E-state index contributed by atoms with van der Waals surface area (Å²) in [5.41, 5.74) is 3.39. The van der Waals surface area contributed by atoms with Gasteiger partial charge in [0.15, 0.2) is 0 Å². The molecular weight excluding hydrogens is 262 g/mol. The summed E-state index contributed by atoms with van der Waals surface area (Å²) in [6, 6.07) is 10.8. The van der Waals surface area contributed by atoms with Crippen LogP contribution in [0.1, 0.15) is 25.2 Å². The van der Waals surface area contributed by atoms with Crippen molar-refractivity contribution in [1.82, 2.24) is 24.9 Å². The zero-order valence-electron chi connectivity index (χ0n) is 12.7. The van der Waals surface area contributed by atoms with Crippen LogP contribution in [-0.4, -0.2) is 25.6 Å². The highest BCUT2D eigenvalue weighted by molar-refractivity contribution is 5.81. The Labute approximate surface area is 124 Å². The second kappa shape index (κ2) is 5.69. The molecule has 2 heterocycles. The molecule has 5 heteroatoms. The zero-order chi connectivity index (χ0) is 14.8. The fourth-order valence-electron chi connectivity index (χ4n) is 2.51. The number of aryl methyl sites for hydroxylation is 1.